The van der Waals surface area contributed by atoms with Crippen LogP contribution in [0.1, 0.15) is 102 Å². The minimum Gasteiger partial charge on any atom is -0.494 e. The quantitative estimate of drug-likeness (QED) is 0.0854. The van der Waals surface area contributed by atoms with Crippen LogP contribution in [0.15, 0.2) is 54.6 Å². The fourth-order valence-electron chi connectivity index (χ4n) is 5.19. The van der Waals surface area contributed by atoms with Crippen molar-refractivity contribution in [3.8, 4) is 5.75 Å². The number of quaternary nitrogens is 1. The van der Waals surface area contributed by atoms with E-state index in [0.717, 1.165) is 49.0 Å². The molecule has 4 nitrogen and oxygen atoms in total. The summed E-state index contributed by atoms with van der Waals surface area (Å²) in [5, 5.41) is 0. The van der Waals surface area contributed by atoms with Gasteiger partial charge in [-0.15, -0.1) is 0 Å². The van der Waals surface area contributed by atoms with Crippen molar-refractivity contribution in [2.45, 2.75) is 104 Å². The molecule has 0 bridgehead atoms. The zero-order valence-corrected chi connectivity index (χ0v) is 25.5. The maximum absolute atomic E-state index is 12.7. The second-order valence-corrected chi connectivity index (χ2v) is 11.8. The third-order valence-electron chi connectivity index (χ3n) is 7.54. The Labute approximate surface area is 239 Å². The summed E-state index contributed by atoms with van der Waals surface area (Å²) in [7, 11) is 4.37. The van der Waals surface area contributed by atoms with Crippen LogP contribution >= 0.6 is 0 Å². The van der Waals surface area contributed by atoms with Crippen molar-refractivity contribution < 1.29 is 18.8 Å². The second-order valence-electron chi connectivity index (χ2n) is 11.8. The first-order valence-electron chi connectivity index (χ1n) is 15.7. The van der Waals surface area contributed by atoms with Gasteiger partial charge in [0, 0.05) is 5.56 Å². The predicted molar refractivity (Wildman–Crippen MR) is 164 cm³/mol. The minimum absolute atomic E-state index is 0.0692. The Bertz CT molecular complexity index is 879. The van der Waals surface area contributed by atoms with Crippen LogP contribution in [-0.2, 0) is 22.5 Å². The van der Waals surface area contributed by atoms with E-state index in [-0.39, 0.29) is 11.9 Å². The van der Waals surface area contributed by atoms with Crippen molar-refractivity contribution in [1.29, 1.82) is 0 Å². The van der Waals surface area contributed by atoms with E-state index in [9.17, 15) is 4.79 Å². The molecule has 0 aliphatic carbocycles. The van der Waals surface area contributed by atoms with E-state index in [1.807, 2.05) is 6.07 Å². The molecule has 2 rings (SSSR count). The van der Waals surface area contributed by atoms with E-state index in [0.29, 0.717) is 13.2 Å². The van der Waals surface area contributed by atoms with Gasteiger partial charge in [0.1, 0.15) is 18.2 Å². The lowest BCUT2D eigenvalue weighted by molar-refractivity contribution is -0.906. The number of aryl methyl sites for hydroxylation is 1. The molecule has 0 amide bonds. The van der Waals surface area contributed by atoms with E-state index in [2.05, 4.69) is 76.5 Å². The lowest BCUT2D eigenvalue weighted by Crippen LogP contribution is -2.44. The van der Waals surface area contributed by atoms with Crippen LogP contribution in [0.2, 0.25) is 0 Å². The maximum atomic E-state index is 12.7. The van der Waals surface area contributed by atoms with Crippen LogP contribution in [0.3, 0.4) is 0 Å². The van der Waals surface area contributed by atoms with Crippen LogP contribution in [0, 0.1) is 5.92 Å². The predicted octanol–water partition coefficient (Wildman–Crippen LogP) is 8.76. The number of ether oxygens (including phenoxy) is 2. The molecule has 0 aliphatic heterocycles. The molecule has 2 aromatic rings. The summed E-state index contributed by atoms with van der Waals surface area (Å²) in [6.45, 7) is 7.14. The Morgan fingerprint density at radius 1 is 0.718 bits per heavy atom. The molecular formula is C35H56NO3+. The molecule has 218 valence electrons. The lowest BCUT2D eigenvalue weighted by atomic mass is 10.0. The van der Waals surface area contributed by atoms with E-state index in [4.69, 9.17) is 9.47 Å². The number of nitrogens with zero attached hydrogens (tertiary/aromatic N) is 1. The van der Waals surface area contributed by atoms with Crippen LogP contribution < -0.4 is 4.74 Å². The van der Waals surface area contributed by atoms with Crippen molar-refractivity contribution in [3.63, 3.8) is 0 Å². The molecule has 0 fully saturated rings. The van der Waals surface area contributed by atoms with Gasteiger partial charge >= 0.3 is 5.97 Å². The standard InChI is InChI=1S/C35H56NO3/c1-5-7-8-9-10-11-12-13-15-20-31-23-25-34(26-24-31)38-27-18-19-28-39-35(37)33(6-2)30-36(3,4)29-32-21-16-14-17-22-32/h14,16-17,21-26,33H,5-13,15,18-20,27-30H2,1-4H3/q+1. The minimum atomic E-state index is -0.0750. The van der Waals surface area contributed by atoms with Crippen molar-refractivity contribution in [1.82, 2.24) is 0 Å². The zero-order chi connectivity index (χ0) is 28.2. The van der Waals surface area contributed by atoms with Gasteiger partial charge < -0.3 is 14.0 Å². The van der Waals surface area contributed by atoms with Crippen molar-refractivity contribution in [3.05, 3.63) is 65.7 Å². The van der Waals surface area contributed by atoms with Crippen LogP contribution in [0.5, 0.6) is 5.75 Å². The Morgan fingerprint density at radius 3 is 1.97 bits per heavy atom. The number of hydrogen-bond donors (Lipinski definition) is 0. The van der Waals surface area contributed by atoms with Crippen LogP contribution in [-0.4, -0.2) is 44.3 Å². The number of hydrogen-bond acceptors (Lipinski definition) is 3. The summed E-state index contributed by atoms with van der Waals surface area (Å²) >= 11 is 0. The van der Waals surface area contributed by atoms with Crippen molar-refractivity contribution in [2.24, 2.45) is 5.92 Å². The third-order valence-corrected chi connectivity index (χ3v) is 7.54. The number of carbonyl (C=O) groups excluding carboxylic acids is 1. The van der Waals surface area contributed by atoms with Gasteiger partial charge in [-0.05, 0) is 49.8 Å². The maximum Gasteiger partial charge on any atom is 0.314 e. The summed E-state index contributed by atoms with van der Waals surface area (Å²) in [6, 6.07) is 19.0. The van der Waals surface area contributed by atoms with Gasteiger partial charge in [-0.3, -0.25) is 4.79 Å². The highest BCUT2D eigenvalue weighted by Gasteiger charge is 2.27. The molecule has 0 spiro atoms. The molecule has 4 heteroatoms. The molecule has 0 aliphatic rings. The molecule has 2 aromatic carbocycles. The normalized spacial score (nSPS) is 12.3. The van der Waals surface area contributed by atoms with Crippen molar-refractivity contribution in [2.75, 3.05) is 33.9 Å². The summed E-state index contributed by atoms with van der Waals surface area (Å²) in [5.74, 6) is 0.779. The highest BCUT2D eigenvalue weighted by molar-refractivity contribution is 5.72. The molecule has 1 atom stereocenters. The Morgan fingerprint density at radius 2 is 1.33 bits per heavy atom. The highest BCUT2D eigenvalue weighted by atomic mass is 16.5. The van der Waals surface area contributed by atoms with Crippen molar-refractivity contribution >= 4 is 5.97 Å². The third kappa shape index (κ3) is 15.1. The fourth-order valence-corrected chi connectivity index (χ4v) is 5.19. The second kappa shape index (κ2) is 19.7. The summed E-state index contributed by atoms with van der Waals surface area (Å²) in [6.07, 6.45) is 16.0. The van der Waals surface area contributed by atoms with Gasteiger partial charge in [-0.1, -0.05) is 108 Å². The number of unbranched alkanes of at least 4 members (excludes halogenated alkanes) is 9. The number of carbonyl (C=O) groups is 1. The van der Waals surface area contributed by atoms with E-state index >= 15 is 0 Å². The summed E-state index contributed by atoms with van der Waals surface area (Å²) in [4.78, 5) is 12.7. The van der Waals surface area contributed by atoms with Gasteiger partial charge in [0.05, 0.1) is 33.9 Å². The SMILES string of the molecule is CCCCCCCCCCCc1ccc(OCCCCOC(=O)C(CC)C[N+](C)(C)Cc2ccccc2)cc1. The molecule has 1 unspecified atom stereocenters. The molecule has 0 saturated heterocycles. The fraction of sp³-hybridized carbons (Fsp3) is 0.629. The molecule has 0 N–H and O–H groups in total. The molecular weight excluding hydrogens is 482 g/mol. The smallest absolute Gasteiger partial charge is 0.314 e. The van der Waals surface area contributed by atoms with Crippen LogP contribution in [0.4, 0.5) is 0 Å². The first-order chi connectivity index (χ1) is 18.9. The van der Waals surface area contributed by atoms with Gasteiger partial charge in [0.15, 0.2) is 0 Å². The monoisotopic (exact) mass is 538 g/mol. The lowest BCUT2D eigenvalue weighted by Gasteiger charge is -2.32. The molecule has 0 aromatic heterocycles. The largest absolute Gasteiger partial charge is 0.494 e. The van der Waals surface area contributed by atoms with E-state index in [1.165, 1.54) is 68.9 Å². The van der Waals surface area contributed by atoms with Gasteiger partial charge in [0.25, 0.3) is 0 Å². The summed E-state index contributed by atoms with van der Waals surface area (Å²) < 4.78 is 12.3. The molecule has 0 heterocycles. The molecule has 0 saturated carbocycles. The first-order valence-corrected chi connectivity index (χ1v) is 15.7. The Hall–Kier alpha value is -2.33. The molecule has 0 radical (unpaired) electrons. The van der Waals surface area contributed by atoms with Gasteiger partial charge in [0.2, 0.25) is 0 Å². The highest BCUT2D eigenvalue weighted by Crippen LogP contribution is 2.18. The molecule has 39 heavy (non-hydrogen) atoms. The zero-order valence-electron chi connectivity index (χ0n) is 25.5. The Kier molecular flexibility index (Phi) is 16.6. The van der Waals surface area contributed by atoms with E-state index in [1.54, 1.807) is 0 Å². The first kappa shape index (κ1) is 32.9. The summed E-state index contributed by atoms with van der Waals surface area (Å²) in [5.41, 5.74) is 2.69. The Balaban J connectivity index is 1.54. The topological polar surface area (TPSA) is 35.5 Å². The van der Waals surface area contributed by atoms with Crippen LogP contribution in [0.25, 0.3) is 0 Å². The van der Waals surface area contributed by atoms with E-state index < -0.39 is 0 Å². The average Bonchev–Trinajstić information content (AvgIpc) is 2.93. The number of rotatable bonds is 22. The van der Waals surface area contributed by atoms with Gasteiger partial charge in [-0.2, -0.15) is 0 Å². The number of esters is 1. The average molecular weight is 539 g/mol. The number of benzene rings is 2. The van der Waals surface area contributed by atoms with Gasteiger partial charge in [-0.25, -0.2) is 0 Å².